The van der Waals surface area contributed by atoms with Gasteiger partial charge in [-0.3, -0.25) is 4.90 Å². The van der Waals surface area contributed by atoms with Crippen LogP contribution < -0.4 is 0 Å². The van der Waals surface area contributed by atoms with Crippen molar-refractivity contribution in [3.05, 3.63) is 0 Å². The van der Waals surface area contributed by atoms with Crippen molar-refractivity contribution < 1.29 is 0 Å². The summed E-state index contributed by atoms with van der Waals surface area (Å²) in [7, 11) is 2.19. The molecule has 1 aliphatic rings. The SMILES string of the molecule is CC(C)C#CCCN1CCN(C)CC1. The molecule has 1 heterocycles. The van der Waals surface area contributed by atoms with Crippen LogP contribution in [0.25, 0.3) is 0 Å². The van der Waals surface area contributed by atoms with E-state index in [0.717, 1.165) is 13.0 Å². The topological polar surface area (TPSA) is 6.48 Å². The lowest BCUT2D eigenvalue weighted by Gasteiger charge is -2.31. The molecule has 0 aliphatic carbocycles. The fourth-order valence-corrected chi connectivity index (χ4v) is 1.56. The summed E-state index contributed by atoms with van der Waals surface area (Å²) in [6.45, 7) is 10.3. The van der Waals surface area contributed by atoms with Crippen LogP contribution in [-0.4, -0.2) is 49.6 Å². The second-order valence-corrected chi connectivity index (χ2v) is 4.37. The zero-order valence-corrected chi connectivity index (χ0v) is 9.71. The van der Waals surface area contributed by atoms with Crippen LogP contribution in [0.15, 0.2) is 0 Å². The summed E-state index contributed by atoms with van der Waals surface area (Å²) in [4.78, 5) is 4.89. The lowest BCUT2D eigenvalue weighted by molar-refractivity contribution is 0.157. The van der Waals surface area contributed by atoms with Gasteiger partial charge in [-0.15, -0.1) is 11.8 Å². The van der Waals surface area contributed by atoms with Gasteiger partial charge in [0.05, 0.1) is 0 Å². The molecule has 0 unspecified atom stereocenters. The van der Waals surface area contributed by atoms with Gasteiger partial charge in [-0.1, -0.05) is 13.8 Å². The molecule has 0 bridgehead atoms. The van der Waals surface area contributed by atoms with Gasteiger partial charge in [-0.05, 0) is 7.05 Å². The predicted octanol–water partition coefficient (Wildman–Crippen LogP) is 1.28. The Morgan fingerprint density at radius 2 is 1.79 bits per heavy atom. The highest BCUT2D eigenvalue weighted by atomic mass is 15.2. The first-order valence-electron chi connectivity index (χ1n) is 5.58. The molecule has 0 amide bonds. The molecule has 1 rings (SSSR count). The number of likely N-dealkylation sites (N-methyl/N-ethyl adjacent to an activating group) is 1. The third kappa shape index (κ3) is 4.64. The predicted molar refractivity (Wildman–Crippen MR) is 61.2 cm³/mol. The molecule has 0 aromatic carbocycles. The Morgan fingerprint density at radius 1 is 1.14 bits per heavy atom. The van der Waals surface area contributed by atoms with Crippen LogP contribution in [0.2, 0.25) is 0 Å². The minimum atomic E-state index is 0.516. The highest BCUT2D eigenvalue weighted by molar-refractivity contribution is 5.01. The largest absolute Gasteiger partial charge is 0.304 e. The number of hydrogen-bond donors (Lipinski definition) is 0. The third-order valence-electron chi connectivity index (χ3n) is 2.54. The van der Waals surface area contributed by atoms with Gasteiger partial charge in [-0.25, -0.2) is 0 Å². The van der Waals surface area contributed by atoms with E-state index < -0.39 is 0 Å². The van der Waals surface area contributed by atoms with Gasteiger partial charge in [0.2, 0.25) is 0 Å². The van der Waals surface area contributed by atoms with Crippen molar-refractivity contribution in [2.24, 2.45) is 5.92 Å². The first kappa shape index (κ1) is 11.6. The van der Waals surface area contributed by atoms with Crippen molar-refractivity contribution >= 4 is 0 Å². The standard InChI is InChI=1S/C12H22N2/c1-12(2)6-4-5-7-14-10-8-13(3)9-11-14/h12H,5,7-11H2,1-3H3. The lowest BCUT2D eigenvalue weighted by Crippen LogP contribution is -2.44. The number of piperazine rings is 1. The summed E-state index contributed by atoms with van der Waals surface area (Å²) in [6, 6.07) is 0. The molecule has 0 aromatic heterocycles. The van der Waals surface area contributed by atoms with Gasteiger partial charge in [0, 0.05) is 45.1 Å². The van der Waals surface area contributed by atoms with E-state index in [4.69, 9.17) is 0 Å². The molecule has 0 saturated carbocycles. The van der Waals surface area contributed by atoms with Crippen LogP contribution in [0.4, 0.5) is 0 Å². The zero-order valence-electron chi connectivity index (χ0n) is 9.71. The van der Waals surface area contributed by atoms with Crippen LogP contribution in [0.5, 0.6) is 0 Å². The average Bonchev–Trinajstić information content (AvgIpc) is 2.15. The Hall–Kier alpha value is -0.520. The molecule has 0 N–H and O–H groups in total. The zero-order chi connectivity index (χ0) is 10.4. The molecule has 1 aliphatic heterocycles. The Balaban J connectivity index is 2.11. The fraction of sp³-hybridized carbons (Fsp3) is 0.833. The van der Waals surface area contributed by atoms with Crippen LogP contribution in [0.3, 0.4) is 0 Å². The van der Waals surface area contributed by atoms with Gasteiger partial charge in [-0.2, -0.15) is 0 Å². The second kappa shape index (κ2) is 6.06. The van der Waals surface area contributed by atoms with Gasteiger partial charge in [0.15, 0.2) is 0 Å². The molecule has 0 atom stereocenters. The Morgan fingerprint density at radius 3 is 2.36 bits per heavy atom. The maximum Gasteiger partial charge on any atom is 0.0217 e. The van der Waals surface area contributed by atoms with Crippen molar-refractivity contribution in [2.75, 3.05) is 39.8 Å². The number of nitrogens with zero attached hydrogens (tertiary/aromatic N) is 2. The van der Waals surface area contributed by atoms with Crippen molar-refractivity contribution in [1.29, 1.82) is 0 Å². The first-order valence-corrected chi connectivity index (χ1v) is 5.58. The van der Waals surface area contributed by atoms with Gasteiger partial charge in [0.1, 0.15) is 0 Å². The molecule has 1 saturated heterocycles. The fourth-order valence-electron chi connectivity index (χ4n) is 1.56. The minimum Gasteiger partial charge on any atom is -0.304 e. The molecule has 0 aromatic rings. The summed E-state index contributed by atoms with van der Waals surface area (Å²) in [6.07, 6.45) is 1.03. The Labute approximate surface area is 88.3 Å². The summed E-state index contributed by atoms with van der Waals surface area (Å²) in [5.74, 6) is 6.96. The van der Waals surface area contributed by atoms with E-state index in [1.54, 1.807) is 0 Å². The van der Waals surface area contributed by atoms with Crippen molar-refractivity contribution in [2.45, 2.75) is 20.3 Å². The molecule has 14 heavy (non-hydrogen) atoms. The number of hydrogen-bond acceptors (Lipinski definition) is 2. The number of rotatable bonds is 2. The highest BCUT2D eigenvalue weighted by Gasteiger charge is 2.11. The van der Waals surface area contributed by atoms with E-state index in [2.05, 4.69) is 42.5 Å². The summed E-state index contributed by atoms with van der Waals surface area (Å²) >= 11 is 0. The molecular formula is C12H22N2. The van der Waals surface area contributed by atoms with Crippen molar-refractivity contribution in [3.8, 4) is 11.8 Å². The van der Waals surface area contributed by atoms with Gasteiger partial charge >= 0.3 is 0 Å². The Bertz CT molecular complexity index is 204. The molecular weight excluding hydrogens is 172 g/mol. The van der Waals surface area contributed by atoms with Gasteiger partial charge < -0.3 is 4.90 Å². The third-order valence-corrected chi connectivity index (χ3v) is 2.54. The Kier molecular flexibility index (Phi) is 5.00. The van der Waals surface area contributed by atoms with E-state index in [-0.39, 0.29) is 0 Å². The monoisotopic (exact) mass is 194 g/mol. The molecule has 0 radical (unpaired) electrons. The van der Waals surface area contributed by atoms with E-state index >= 15 is 0 Å². The smallest absolute Gasteiger partial charge is 0.0217 e. The molecule has 2 nitrogen and oxygen atoms in total. The summed E-state index contributed by atoms with van der Waals surface area (Å²) < 4.78 is 0. The average molecular weight is 194 g/mol. The minimum absolute atomic E-state index is 0.516. The van der Waals surface area contributed by atoms with E-state index in [1.165, 1.54) is 26.2 Å². The van der Waals surface area contributed by atoms with Crippen molar-refractivity contribution in [3.63, 3.8) is 0 Å². The highest BCUT2D eigenvalue weighted by Crippen LogP contribution is 1.99. The van der Waals surface area contributed by atoms with E-state index in [9.17, 15) is 0 Å². The van der Waals surface area contributed by atoms with Crippen LogP contribution in [0, 0.1) is 17.8 Å². The maximum atomic E-state index is 3.24. The van der Waals surface area contributed by atoms with Crippen LogP contribution in [0.1, 0.15) is 20.3 Å². The molecule has 1 fully saturated rings. The first-order chi connectivity index (χ1) is 6.68. The molecule has 0 spiro atoms. The molecule has 2 heteroatoms. The summed E-state index contributed by atoms with van der Waals surface area (Å²) in [5, 5.41) is 0. The molecule has 80 valence electrons. The van der Waals surface area contributed by atoms with Gasteiger partial charge in [0.25, 0.3) is 0 Å². The maximum absolute atomic E-state index is 3.24. The van der Waals surface area contributed by atoms with Crippen LogP contribution >= 0.6 is 0 Å². The van der Waals surface area contributed by atoms with Crippen molar-refractivity contribution in [1.82, 2.24) is 9.80 Å². The second-order valence-electron chi connectivity index (χ2n) is 4.37. The normalized spacial score (nSPS) is 19.4. The van der Waals surface area contributed by atoms with Crippen LogP contribution in [-0.2, 0) is 0 Å². The lowest BCUT2D eigenvalue weighted by atomic mass is 10.2. The summed E-state index contributed by atoms with van der Waals surface area (Å²) in [5.41, 5.74) is 0. The quantitative estimate of drug-likeness (QED) is 0.611. The van der Waals surface area contributed by atoms with E-state index in [1.807, 2.05) is 0 Å². The van der Waals surface area contributed by atoms with E-state index in [0.29, 0.717) is 5.92 Å².